The van der Waals surface area contributed by atoms with Crippen molar-refractivity contribution in [2.75, 3.05) is 18.8 Å². The van der Waals surface area contributed by atoms with Crippen molar-refractivity contribution in [3.8, 4) is 22.6 Å². The normalized spacial score (nSPS) is 18.6. The average Bonchev–Trinajstić information content (AvgIpc) is 3.33. The van der Waals surface area contributed by atoms with Gasteiger partial charge in [0.1, 0.15) is 29.3 Å². The molecule has 1 aliphatic carbocycles. The molecule has 0 saturated heterocycles. The molecule has 37 heavy (non-hydrogen) atoms. The van der Waals surface area contributed by atoms with Gasteiger partial charge in [0, 0.05) is 36.9 Å². The number of ether oxygens (including phenoxy) is 1. The van der Waals surface area contributed by atoms with Crippen LogP contribution in [0.25, 0.3) is 22.2 Å². The van der Waals surface area contributed by atoms with Crippen LogP contribution >= 0.6 is 0 Å². The zero-order chi connectivity index (χ0) is 25.6. The second kappa shape index (κ2) is 11.8. The van der Waals surface area contributed by atoms with Gasteiger partial charge in [0.2, 0.25) is 0 Å². The maximum absolute atomic E-state index is 6.39. The fourth-order valence-electron chi connectivity index (χ4n) is 5.56. The number of nitrogens with one attached hydrogen (secondary N) is 1. The first kappa shape index (κ1) is 25.2. The summed E-state index contributed by atoms with van der Waals surface area (Å²) in [6.45, 7) is 3.85. The van der Waals surface area contributed by atoms with Gasteiger partial charge in [0.25, 0.3) is 0 Å². The molecule has 194 valence electrons. The highest BCUT2D eigenvalue weighted by Crippen LogP contribution is 2.40. The molecule has 5 N–H and O–H groups in total. The number of rotatable bonds is 10. The van der Waals surface area contributed by atoms with Crippen molar-refractivity contribution >= 4 is 16.9 Å². The second-order valence-electron chi connectivity index (χ2n) is 10.2. The molecule has 2 aromatic heterocycles. The molecule has 1 saturated carbocycles. The third-order valence-corrected chi connectivity index (χ3v) is 7.64. The molecule has 7 heteroatoms. The lowest BCUT2D eigenvalue weighted by atomic mass is 9.82. The molecule has 1 fully saturated rings. The number of hydrogen-bond acceptors (Lipinski definition) is 6. The van der Waals surface area contributed by atoms with E-state index in [9.17, 15) is 0 Å². The van der Waals surface area contributed by atoms with Gasteiger partial charge in [-0.2, -0.15) is 0 Å². The average molecular weight is 499 g/mol. The zero-order valence-electron chi connectivity index (χ0n) is 21.6. The Bertz CT molecular complexity index is 1280. The molecule has 0 aliphatic heterocycles. The molecule has 4 aromatic rings. The maximum atomic E-state index is 6.39. The molecule has 0 spiro atoms. The van der Waals surface area contributed by atoms with E-state index in [1.165, 1.54) is 25.7 Å². The van der Waals surface area contributed by atoms with E-state index < -0.39 is 0 Å². The number of nitrogens with zero attached hydrogens (tertiary/aromatic N) is 3. The monoisotopic (exact) mass is 498 g/mol. The minimum Gasteiger partial charge on any atom is -0.457 e. The lowest BCUT2D eigenvalue weighted by Crippen LogP contribution is -2.31. The number of hydrogen-bond donors (Lipinski definition) is 3. The molecule has 7 nitrogen and oxygen atoms in total. The Hall–Kier alpha value is -3.42. The van der Waals surface area contributed by atoms with E-state index in [-0.39, 0.29) is 0 Å². The maximum Gasteiger partial charge on any atom is 0.146 e. The SMILES string of the molecule is C[C@@H](CCC1CCC(n2cc(-c3ccc(Oc4ccccc4)cc3)c3c(N)ncnc32)CC1)NCCN. The summed E-state index contributed by atoms with van der Waals surface area (Å²) in [4.78, 5) is 8.99. The van der Waals surface area contributed by atoms with Crippen molar-refractivity contribution in [2.45, 2.75) is 57.5 Å². The first-order valence-corrected chi connectivity index (χ1v) is 13.5. The van der Waals surface area contributed by atoms with E-state index in [0.717, 1.165) is 59.0 Å². The van der Waals surface area contributed by atoms with Crippen LogP contribution in [-0.4, -0.2) is 33.7 Å². The van der Waals surface area contributed by atoms with E-state index >= 15 is 0 Å². The second-order valence-corrected chi connectivity index (χ2v) is 10.2. The smallest absolute Gasteiger partial charge is 0.146 e. The van der Waals surface area contributed by atoms with Crippen LogP contribution in [0, 0.1) is 5.92 Å². The highest BCUT2D eigenvalue weighted by Gasteiger charge is 2.26. The molecular formula is C30H38N6O. The van der Waals surface area contributed by atoms with Crippen LogP contribution in [0.2, 0.25) is 0 Å². The number of benzene rings is 2. The van der Waals surface area contributed by atoms with E-state index in [2.05, 4.69) is 45.1 Å². The predicted octanol–water partition coefficient (Wildman–Crippen LogP) is 5.92. The third kappa shape index (κ3) is 5.95. The largest absolute Gasteiger partial charge is 0.457 e. The molecule has 1 aliphatic rings. The van der Waals surface area contributed by atoms with Crippen molar-refractivity contribution in [1.29, 1.82) is 0 Å². The molecular weight excluding hydrogens is 460 g/mol. The number of fused-ring (bicyclic) bond motifs is 1. The quantitative estimate of drug-likeness (QED) is 0.251. The van der Waals surface area contributed by atoms with E-state index in [1.54, 1.807) is 6.33 Å². The van der Waals surface area contributed by atoms with E-state index in [4.69, 9.17) is 16.2 Å². The van der Waals surface area contributed by atoms with Gasteiger partial charge in [-0.1, -0.05) is 30.3 Å². The van der Waals surface area contributed by atoms with Crippen LogP contribution in [0.4, 0.5) is 5.82 Å². The van der Waals surface area contributed by atoms with Crippen molar-refractivity contribution in [2.24, 2.45) is 11.7 Å². The number of nitrogens with two attached hydrogens (primary N) is 2. The molecule has 0 amide bonds. The predicted molar refractivity (Wildman–Crippen MR) is 151 cm³/mol. The third-order valence-electron chi connectivity index (χ3n) is 7.64. The van der Waals surface area contributed by atoms with Crippen molar-refractivity contribution in [1.82, 2.24) is 19.9 Å². The van der Waals surface area contributed by atoms with Crippen LogP contribution in [0.15, 0.2) is 67.1 Å². The summed E-state index contributed by atoms with van der Waals surface area (Å²) in [5.41, 5.74) is 15.1. The van der Waals surface area contributed by atoms with E-state index in [1.807, 2.05) is 42.5 Å². The molecule has 5 rings (SSSR count). The first-order chi connectivity index (χ1) is 18.1. The Morgan fingerprint density at radius 3 is 2.46 bits per heavy atom. The summed E-state index contributed by atoms with van der Waals surface area (Å²) < 4.78 is 8.33. The van der Waals surface area contributed by atoms with Gasteiger partial charge in [0.15, 0.2) is 0 Å². The summed E-state index contributed by atoms with van der Waals surface area (Å²) in [7, 11) is 0. The van der Waals surface area contributed by atoms with Gasteiger partial charge in [-0.05, 0) is 81.2 Å². The summed E-state index contributed by atoms with van der Waals surface area (Å²) >= 11 is 0. The van der Waals surface area contributed by atoms with Crippen molar-refractivity contribution in [3.05, 3.63) is 67.1 Å². The molecule has 0 radical (unpaired) electrons. The van der Waals surface area contributed by atoms with Gasteiger partial charge >= 0.3 is 0 Å². The van der Waals surface area contributed by atoms with Crippen molar-refractivity contribution in [3.63, 3.8) is 0 Å². The molecule has 0 unspecified atom stereocenters. The van der Waals surface area contributed by atoms with Gasteiger partial charge in [-0.3, -0.25) is 0 Å². The molecule has 0 bridgehead atoms. The van der Waals surface area contributed by atoms with E-state index in [0.29, 0.717) is 24.4 Å². The highest BCUT2D eigenvalue weighted by molar-refractivity contribution is 6.00. The van der Waals surface area contributed by atoms with Crippen LogP contribution in [-0.2, 0) is 0 Å². The Kier molecular flexibility index (Phi) is 8.02. The molecule has 1 atom stereocenters. The van der Waals surface area contributed by atoms with Crippen LogP contribution < -0.4 is 21.5 Å². The van der Waals surface area contributed by atoms with Gasteiger partial charge < -0.3 is 26.1 Å². The van der Waals surface area contributed by atoms with Crippen molar-refractivity contribution < 1.29 is 4.74 Å². The number of nitrogen functional groups attached to an aromatic ring is 1. The van der Waals surface area contributed by atoms with Gasteiger partial charge in [-0.15, -0.1) is 0 Å². The lowest BCUT2D eigenvalue weighted by molar-refractivity contribution is 0.257. The Morgan fingerprint density at radius 2 is 1.73 bits per heavy atom. The number of anilines is 1. The topological polar surface area (TPSA) is 104 Å². The minimum atomic E-state index is 0.426. The number of aromatic nitrogens is 3. The van der Waals surface area contributed by atoms with Gasteiger partial charge in [-0.25, -0.2) is 9.97 Å². The minimum absolute atomic E-state index is 0.426. The number of para-hydroxylation sites is 1. The van der Waals surface area contributed by atoms with Gasteiger partial charge in [0.05, 0.1) is 5.39 Å². The summed E-state index contributed by atoms with van der Waals surface area (Å²) in [5.74, 6) is 2.93. The fourth-order valence-corrected chi connectivity index (χ4v) is 5.56. The summed E-state index contributed by atoms with van der Waals surface area (Å²) in [6.07, 6.45) is 11.1. The Morgan fingerprint density at radius 1 is 1.00 bits per heavy atom. The first-order valence-electron chi connectivity index (χ1n) is 13.5. The Balaban J connectivity index is 1.31. The molecule has 2 aromatic carbocycles. The fraction of sp³-hybridized carbons (Fsp3) is 0.400. The molecule has 2 heterocycles. The zero-order valence-corrected chi connectivity index (χ0v) is 21.6. The Labute approximate surface area is 219 Å². The summed E-state index contributed by atoms with van der Waals surface area (Å²) in [5, 5.41) is 4.43. The lowest BCUT2D eigenvalue weighted by Gasteiger charge is -2.30. The van der Waals surface area contributed by atoms with Crippen LogP contribution in [0.1, 0.15) is 51.5 Å². The highest BCUT2D eigenvalue weighted by atomic mass is 16.5. The van der Waals surface area contributed by atoms with Crippen LogP contribution in [0.3, 0.4) is 0 Å². The standard InChI is InChI=1S/C30H38N6O/c1-21(33-18-17-31)7-8-22-9-13-24(14-10-22)36-19-27(28-29(32)34-20-35-30(28)36)23-11-15-26(16-12-23)37-25-5-3-2-4-6-25/h2-6,11-12,15-16,19-22,24,33H,7-10,13-14,17-18,31H2,1H3,(H2,32,34,35)/t21-,22?,24?/m0/s1. The van der Waals surface area contributed by atoms with Crippen LogP contribution in [0.5, 0.6) is 11.5 Å². The summed E-state index contributed by atoms with van der Waals surface area (Å²) in [6, 6.07) is 18.9.